The largest absolute Gasteiger partial charge is 0.490 e. The van der Waals surface area contributed by atoms with Gasteiger partial charge >= 0.3 is 6.03 Å². The van der Waals surface area contributed by atoms with Crippen molar-refractivity contribution in [1.82, 2.24) is 19.9 Å². The van der Waals surface area contributed by atoms with Crippen molar-refractivity contribution in [2.45, 2.75) is 85.0 Å². The van der Waals surface area contributed by atoms with E-state index in [1.54, 1.807) is 55.8 Å². The maximum absolute atomic E-state index is 14.3. The Bertz CT molecular complexity index is 1310. The third kappa shape index (κ3) is 11.2. The molecule has 0 unspecified atom stereocenters. The quantitative estimate of drug-likeness (QED) is 0.335. The van der Waals surface area contributed by atoms with Crippen molar-refractivity contribution in [2.75, 3.05) is 64.6 Å². The molecule has 2 heterocycles. The number of aliphatic hydroxyl groups excluding tert-OH is 1. The molecular formula is C34H54N6O7. The lowest BCUT2D eigenvalue weighted by Gasteiger charge is -2.36. The van der Waals surface area contributed by atoms with E-state index in [0.717, 1.165) is 32.2 Å². The first kappa shape index (κ1) is 37.8. The molecule has 13 heteroatoms. The van der Waals surface area contributed by atoms with E-state index in [1.165, 1.54) is 0 Å². The summed E-state index contributed by atoms with van der Waals surface area (Å²) in [7, 11) is 5.77. The van der Waals surface area contributed by atoms with E-state index in [-0.39, 0.29) is 48.7 Å². The predicted molar refractivity (Wildman–Crippen MR) is 181 cm³/mol. The molecule has 0 saturated carbocycles. The molecule has 1 aliphatic rings. The molecule has 3 N–H and O–H groups in total. The molecule has 4 atom stereocenters. The maximum atomic E-state index is 14.3. The fourth-order valence-electron chi connectivity index (χ4n) is 5.51. The number of aliphatic hydroxyl groups is 1. The number of nitrogens with one attached hydrogen (secondary N) is 2. The average molecular weight is 659 g/mol. The summed E-state index contributed by atoms with van der Waals surface area (Å²) in [6.07, 6.45) is 3.14. The number of hydrogen-bond acceptors (Lipinski definition) is 9. The maximum Gasteiger partial charge on any atom is 0.323 e. The second-order valence-corrected chi connectivity index (χ2v) is 13.0. The van der Waals surface area contributed by atoms with Crippen LogP contribution in [0.3, 0.4) is 0 Å². The molecule has 13 nitrogen and oxygen atoms in total. The second kappa shape index (κ2) is 18.0. The summed E-state index contributed by atoms with van der Waals surface area (Å²) in [4.78, 5) is 45.6. The number of carbonyl (C=O) groups excluding carboxylic acids is 3. The highest BCUT2D eigenvalue weighted by Crippen LogP contribution is 2.29. The Hall–Kier alpha value is -3.68. The first-order valence-corrected chi connectivity index (χ1v) is 16.5. The number of carbonyl (C=O) groups is 3. The Morgan fingerprint density at radius 1 is 1.15 bits per heavy atom. The summed E-state index contributed by atoms with van der Waals surface area (Å²) in [6.45, 7) is 10.9. The van der Waals surface area contributed by atoms with Crippen molar-refractivity contribution >= 4 is 29.2 Å². The van der Waals surface area contributed by atoms with Gasteiger partial charge in [-0.15, -0.1) is 0 Å². The average Bonchev–Trinajstić information content (AvgIpc) is 3.34. The molecular weight excluding hydrogens is 604 g/mol. The van der Waals surface area contributed by atoms with Gasteiger partial charge in [-0.2, -0.15) is 0 Å². The molecule has 2 aromatic rings. The number of rotatable bonds is 10. The highest BCUT2D eigenvalue weighted by atomic mass is 16.5. The molecule has 1 aromatic carbocycles. The molecule has 1 aromatic heterocycles. The predicted octanol–water partition coefficient (Wildman–Crippen LogP) is 4.53. The Morgan fingerprint density at radius 2 is 1.89 bits per heavy atom. The lowest BCUT2D eigenvalue weighted by atomic mass is 10.0. The summed E-state index contributed by atoms with van der Waals surface area (Å²) in [5.41, 5.74) is 1.68. The molecule has 262 valence electrons. The number of fused-ring (bicyclic) bond motifs is 1. The normalized spacial score (nSPS) is 20.2. The van der Waals surface area contributed by atoms with Crippen molar-refractivity contribution in [3.8, 4) is 5.75 Å². The van der Waals surface area contributed by atoms with E-state index < -0.39 is 12.1 Å². The topological polar surface area (TPSA) is 150 Å². The van der Waals surface area contributed by atoms with Crippen molar-refractivity contribution in [2.24, 2.45) is 5.92 Å². The van der Waals surface area contributed by atoms with Crippen LogP contribution < -0.4 is 15.4 Å². The van der Waals surface area contributed by atoms with Gasteiger partial charge in [0.05, 0.1) is 30.4 Å². The Labute approximate surface area is 278 Å². The van der Waals surface area contributed by atoms with E-state index in [9.17, 15) is 19.5 Å². The van der Waals surface area contributed by atoms with Gasteiger partial charge in [-0.1, -0.05) is 12.1 Å². The Kier molecular flexibility index (Phi) is 14.5. The van der Waals surface area contributed by atoms with Gasteiger partial charge in [0.25, 0.3) is 5.91 Å². The lowest BCUT2D eigenvalue weighted by molar-refractivity contribution is -0.132. The number of likely N-dealkylation sites (N-methyl/N-ethyl adjacent to an activating group) is 1. The second-order valence-electron chi connectivity index (χ2n) is 13.0. The van der Waals surface area contributed by atoms with Crippen LogP contribution in [0.2, 0.25) is 0 Å². The van der Waals surface area contributed by atoms with Gasteiger partial charge in [0.15, 0.2) is 5.76 Å². The van der Waals surface area contributed by atoms with Gasteiger partial charge in [-0.25, -0.2) is 4.79 Å². The summed E-state index contributed by atoms with van der Waals surface area (Å²) in [6, 6.07) is 3.94. The van der Waals surface area contributed by atoms with Gasteiger partial charge in [0.1, 0.15) is 17.1 Å². The molecule has 0 radical (unpaired) electrons. The zero-order valence-corrected chi connectivity index (χ0v) is 29.3. The number of aromatic nitrogens is 1. The summed E-state index contributed by atoms with van der Waals surface area (Å²) >= 11 is 0. The third-order valence-corrected chi connectivity index (χ3v) is 8.46. The molecule has 4 amide bonds. The van der Waals surface area contributed by atoms with Crippen molar-refractivity contribution in [3.05, 3.63) is 35.2 Å². The Morgan fingerprint density at radius 3 is 2.55 bits per heavy atom. The number of urea groups is 1. The monoisotopic (exact) mass is 658 g/mol. The number of hydrogen-bond donors (Lipinski definition) is 3. The highest BCUT2D eigenvalue weighted by molar-refractivity contribution is 6.03. The molecule has 47 heavy (non-hydrogen) atoms. The lowest BCUT2D eigenvalue weighted by Crippen LogP contribution is -2.48. The van der Waals surface area contributed by atoms with E-state index in [1.807, 2.05) is 27.9 Å². The fraction of sp³-hybridized carbons (Fsp3) is 0.647. The van der Waals surface area contributed by atoms with Gasteiger partial charge in [0, 0.05) is 44.8 Å². The van der Waals surface area contributed by atoms with Gasteiger partial charge in [0.2, 0.25) is 5.91 Å². The number of nitrogens with zero attached hydrogens (tertiary/aromatic N) is 4. The highest BCUT2D eigenvalue weighted by Gasteiger charge is 2.31. The van der Waals surface area contributed by atoms with Crippen LogP contribution in [-0.2, 0) is 9.53 Å². The molecule has 0 fully saturated rings. The zero-order chi connectivity index (χ0) is 34.7. The van der Waals surface area contributed by atoms with Crippen LogP contribution in [0, 0.1) is 19.8 Å². The molecule has 0 bridgehead atoms. The third-order valence-electron chi connectivity index (χ3n) is 8.46. The van der Waals surface area contributed by atoms with Crippen LogP contribution >= 0.6 is 0 Å². The minimum absolute atomic E-state index is 0.0528. The Balaban J connectivity index is 1.88. The first-order valence-electron chi connectivity index (χ1n) is 16.5. The van der Waals surface area contributed by atoms with Crippen molar-refractivity contribution < 1.29 is 33.5 Å². The van der Waals surface area contributed by atoms with Crippen LogP contribution in [0.25, 0.3) is 0 Å². The molecule has 0 aliphatic carbocycles. The van der Waals surface area contributed by atoms with Gasteiger partial charge in [-0.05, 0) is 92.2 Å². The van der Waals surface area contributed by atoms with Crippen LogP contribution in [-0.4, -0.2) is 115 Å². The zero-order valence-electron chi connectivity index (χ0n) is 29.3. The number of amides is 4. The van der Waals surface area contributed by atoms with E-state index in [4.69, 9.17) is 14.0 Å². The first-order chi connectivity index (χ1) is 22.3. The van der Waals surface area contributed by atoms with E-state index in [0.29, 0.717) is 48.2 Å². The minimum Gasteiger partial charge on any atom is -0.490 e. The van der Waals surface area contributed by atoms with Crippen molar-refractivity contribution in [1.29, 1.82) is 0 Å². The fourth-order valence-corrected chi connectivity index (χ4v) is 5.51. The standard InChI is InChI=1S/C34H54N6O7/c1-22-19-40(23(2)21-41)33(43)28-18-27(35-34(44)36-32-25(4)37-47-26(32)5)14-15-29(28)46-24(3)12-9-10-17-45-30(22)20-39(8)31(42)13-11-16-38(6)7/h14-15,18,22-24,30,41H,9-13,16-17,19-21H2,1-8H3,(H2,35,36,44)/t22-,23+,24-,30-/m0/s1. The molecule has 0 saturated heterocycles. The van der Waals surface area contributed by atoms with Crippen LogP contribution in [0.4, 0.5) is 16.2 Å². The summed E-state index contributed by atoms with van der Waals surface area (Å²) in [5, 5.41) is 19.6. The summed E-state index contributed by atoms with van der Waals surface area (Å²) in [5.74, 6) is 0.411. The summed E-state index contributed by atoms with van der Waals surface area (Å²) < 4.78 is 17.8. The van der Waals surface area contributed by atoms with Crippen molar-refractivity contribution in [3.63, 3.8) is 0 Å². The molecule has 0 spiro atoms. The minimum atomic E-state index is -0.520. The number of anilines is 2. The van der Waals surface area contributed by atoms with Gasteiger partial charge in [-0.3, -0.25) is 9.59 Å². The van der Waals surface area contributed by atoms with Crippen LogP contribution in [0.1, 0.15) is 74.7 Å². The number of benzene rings is 1. The van der Waals surface area contributed by atoms with Crippen LogP contribution in [0.5, 0.6) is 5.75 Å². The SMILES string of the molecule is Cc1noc(C)c1NC(=O)Nc1ccc2c(c1)C(=O)N([C@H](C)CO)C[C@H](C)[C@H](CN(C)C(=O)CCCN(C)C)OCCCC[C@H](C)O2. The molecule has 1 aliphatic heterocycles. The smallest absolute Gasteiger partial charge is 0.323 e. The number of ether oxygens (including phenoxy) is 2. The van der Waals surface area contributed by atoms with E-state index >= 15 is 0 Å². The van der Waals surface area contributed by atoms with Gasteiger partial charge < -0.3 is 44.4 Å². The molecule has 3 rings (SSSR count). The number of aryl methyl sites for hydroxylation is 2. The van der Waals surface area contributed by atoms with E-state index in [2.05, 4.69) is 20.7 Å². The van der Waals surface area contributed by atoms with Crippen LogP contribution in [0.15, 0.2) is 22.7 Å².